The molecular formula is C23H25N3O2S. The van der Waals surface area contributed by atoms with Gasteiger partial charge in [0, 0.05) is 31.7 Å². The number of benzene rings is 2. The van der Waals surface area contributed by atoms with Gasteiger partial charge in [-0.05, 0) is 49.0 Å². The Morgan fingerprint density at radius 3 is 2.48 bits per heavy atom. The first-order chi connectivity index (χ1) is 14.0. The van der Waals surface area contributed by atoms with E-state index in [2.05, 4.69) is 53.0 Å². The Hall–Kier alpha value is -2.57. The van der Waals surface area contributed by atoms with Crippen LogP contribution in [0.3, 0.4) is 0 Å². The monoisotopic (exact) mass is 407 g/mol. The van der Waals surface area contributed by atoms with Gasteiger partial charge in [0.15, 0.2) is 5.17 Å². The summed E-state index contributed by atoms with van der Waals surface area (Å²) in [6, 6.07) is 14.4. The van der Waals surface area contributed by atoms with Gasteiger partial charge >= 0.3 is 0 Å². The second kappa shape index (κ2) is 8.43. The molecule has 5 nitrogen and oxygen atoms in total. The molecule has 2 aliphatic heterocycles. The lowest BCUT2D eigenvalue weighted by Gasteiger charge is -2.32. The van der Waals surface area contributed by atoms with E-state index >= 15 is 0 Å². The van der Waals surface area contributed by atoms with Crippen LogP contribution in [0.15, 0.2) is 52.4 Å². The van der Waals surface area contributed by atoms with Gasteiger partial charge in [-0.2, -0.15) is 4.99 Å². The van der Waals surface area contributed by atoms with E-state index in [1.165, 1.54) is 17.3 Å². The van der Waals surface area contributed by atoms with E-state index in [4.69, 9.17) is 4.74 Å². The van der Waals surface area contributed by atoms with Crippen LogP contribution in [0, 0.1) is 6.92 Å². The number of thioether (sulfide) groups is 1. The third-order valence-electron chi connectivity index (χ3n) is 5.27. The number of amides is 1. The number of hydrogen-bond donors (Lipinski definition) is 0. The highest BCUT2D eigenvalue weighted by Gasteiger charge is 2.27. The van der Waals surface area contributed by atoms with Gasteiger partial charge in [-0.25, -0.2) is 0 Å². The molecule has 0 aromatic heterocycles. The number of nitrogens with zero attached hydrogens (tertiary/aromatic N) is 3. The molecule has 0 spiro atoms. The van der Waals surface area contributed by atoms with Crippen molar-refractivity contribution in [2.24, 2.45) is 4.99 Å². The van der Waals surface area contributed by atoms with Gasteiger partial charge in [0.1, 0.15) is 5.75 Å². The van der Waals surface area contributed by atoms with Gasteiger partial charge < -0.3 is 14.5 Å². The molecule has 6 heteroatoms. The molecule has 1 fully saturated rings. The average Bonchev–Trinajstić information content (AvgIpc) is 3.09. The first-order valence-corrected chi connectivity index (χ1v) is 10.6. The molecule has 0 unspecified atom stereocenters. The fourth-order valence-corrected chi connectivity index (χ4v) is 4.42. The van der Waals surface area contributed by atoms with Crippen molar-refractivity contribution < 1.29 is 9.53 Å². The van der Waals surface area contributed by atoms with Crippen LogP contribution in [0.2, 0.25) is 0 Å². The van der Waals surface area contributed by atoms with Crippen molar-refractivity contribution in [3.63, 3.8) is 0 Å². The molecule has 150 valence electrons. The Morgan fingerprint density at radius 1 is 1.07 bits per heavy atom. The van der Waals surface area contributed by atoms with Gasteiger partial charge in [0.25, 0.3) is 5.91 Å². The largest absolute Gasteiger partial charge is 0.496 e. The number of ether oxygens (including phenoxy) is 1. The highest BCUT2D eigenvalue weighted by atomic mass is 32.2. The number of hydrogen-bond acceptors (Lipinski definition) is 5. The molecule has 1 amide bonds. The van der Waals surface area contributed by atoms with Crippen LogP contribution in [-0.2, 0) is 4.79 Å². The number of aryl methyl sites for hydroxylation is 1. The standard InChI is InChI=1S/C23H25N3O2S/c1-16-4-7-18(8-5-16)19-9-6-17(14-20(19)28-3)15-21-22(27)24-23(29-21)26-12-10-25(2)11-13-26/h4-9,14-15H,10-13H2,1-3H3/b21-15-. The molecule has 2 aromatic carbocycles. The molecule has 0 aliphatic carbocycles. The Kier molecular flexibility index (Phi) is 5.74. The second-order valence-electron chi connectivity index (χ2n) is 7.43. The summed E-state index contributed by atoms with van der Waals surface area (Å²) in [4.78, 5) is 21.8. The number of piperazine rings is 1. The molecule has 2 heterocycles. The third-order valence-corrected chi connectivity index (χ3v) is 6.31. The molecule has 2 aliphatic rings. The minimum absolute atomic E-state index is 0.162. The predicted molar refractivity (Wildman–Crippen MR) is 120 cm³/mol. The first-order valence-electron chi connectivity index (χ1n) is 9.74. The van der Waals surface area contributed by atoms with E-state index in [1.807, 2.05) is 24.3 Å². The van der Waals surface area contributed by atoms with Crippen LogP contribution in [0.5, 0.6) is 5.75 Å². The highest BCUT2D eigenvalue weighted by Crippen LogP contribution is 2.34. The van der Waals surface area contributed by atoms with E-state index in [9.17, 15) is 4.79 Å². The molecule has 4 rings (SSSR count). The topological polar surface area (TPSA) is 45.1 Å². The Bertz CT molecular complexity index is 974. The summed E-state index contributed by atoms with van der Waals surface area (Å²) in [7, 11) is 3.79. The summed E-state index contributed by atoms with van der Waals surface area (Å²) in [5, 5.41) is 0.817. The summed E-state index contributed by atoms with van der Waals surface area (Å²) in [5.74, 6) is 0.629. The van der Waals surface area contributed by atoms with Crippen molar-refractivity contribution in [3.05, 3.63) is 58.5 Å². The van der Waals surface area contributed by atoms with E-state index in [-0.39, 0.29) is 5.91 Å². The molecule has 0 atom stereocenters. The minimum atomic E-state index is -0.162. The number of likely N-dealkylation sites (N-methyl/N-ethyl adjacent to an activating group) is 1. The van der Waals surface area contributed by atoms with Crippen molar-refractivity contribution >= 4 is 28.9 Å². The van der Waals surface area contributed by atoms with Crippen molar-refractivity contribution in [1.82, 2.24) is 9.80 Å². The van der Waals surface area contributed by atoms with Crippen molar-refractivity contribution in [2.45, 2.75) is 6.92 Å². The van der Waals surface area contributed by atoms with Crippen LogP contribution in [-0.4, -0.2) is 61.2 Å². The summed E-state index contributed by atoms with van der Waals surface area (Å²) >= 11 is 1.47. The Labute approximate surface area is 176 Å². The quantitative estimate of drug-likeness (QED) is 0.723. The number of methoxy groups -OCH3 is 1. The summed E-state index contributed by atoms with van der Waals surface area (Å²) in [6.07, 6.45) is 1.90. The first kappa shape index (κ1) is 19.7. The van der Waals surface area contributed by atoms with Gasteiger partial charge in [-0.15, -0.1) is 0 Å². The molecule has 0 N–H and O–H groups in total. The second-order valence-corrected chi connectivity index (χ2v) is 8.44. The van der Waals surface area contributed by atoms with Gasteiger partial charge in [0.05, 0.1) is 12.0 Å². The zero-order valence-electron chi connectivity index (χ0n) is 17.0. The van der Waals surface area contributed by atoms with Gasteiger partial charge in [-0.1, -0.05) is 42.0 Å². The number of amidine groups is 1. The zero-order valence-corrected chi connectivity index (χ0v) is 17.8. The Morgan fingerprint density at radius 2 is 1.79 bits per heavy atom. The predicted octanol–water partition coefficient (Wildman–Crippen LogP) is 3.89. The number of carbonyl (C=O) groups excluding carboxylic acids is 1. The van der Waals surface area contributed by atoms with E-state index in [1.54, 1.807) is 7.11 Å². The fourth-order valence-electron chi connectivity index (χ4n) is 3.45. The zero-order chi connectivity index (χ0) is 20.4. The molecule has 2 aromatic rings. The van der Waals surface area contributed by atoms with Crippen LogP contribution >= 0.6 is 11.8 Å². The summed E-state index contributed by atoms with van der Waals surface area (Å²) in [6.45, 7) is 5.87. The smallest absolute Gasteiger partial charge is 0.286 e. The van der Waals surface area contributed by atoms with Crippen LogP contribution < -0.4 is 4.74 Å². The maximum Gasteiger partial charge on any atom is 0.286 e. The normalized spacial score (nSPS) is 19.0. The van der Waals surface area contributed by atoms with Crippen LogP contribution in [0.1, 0.15) is 11.1 Å². The third kappa shape index (κ3) is 4.38. The average molecular weight is 408 g/mol. The summed E-state index contributed by atoms with van der Waals surface area (Å²) < 4.78 is 5.63. The van der Waals surface area contributed by atoms with Crippen LogP contribution in [0.4, 0.5) is 0 Å². The van der Waals surface area contributed by atoms with Crippen molar-refractivity contribution in [1.29, 1.82) is 0 Å². The van der Waals surface area contributed by atoms with Crippen molar-refractivity contribution in [3.8, 4) is 16.9 Å². The maximum absolute atomic E-state index is 12.4. The van der Waals surface area contributed by atoms with E-state index < -0.39 is 0 Å². The molecular weight excluding hydrogens is 382 g/mol. The van der Waals surface area contributed by atoms with E-state index in [0.717, 1.165) is 53.8 Å². The number of rotatable bonds is 3. The van der Waals surface area contributed by atoms with Crippen LogP contribution in [0.25, 0.3) is 17.2 Å². The lowest BCUT2D eigenvalue weighted by Crippen LogP contribution is -2.46. The number of aliphatic imine (C=N–C) groups is 1. The van der Waals surface area contributed by atoms with Crippen molar-refractivity contribution in [2.75, 3.05) is 40.3 Å². The molecule has 1 saturated heterocycles. The lowest BCUT2D eigenvalue weighted by atomic mass is 10.0. The Balaban J connectivity index is 1.54. The van der Waals surface area contributed by atoms with E-state index in [0.29, 0.717) is 4.91 Å². The molecule has 0 bridgehead atoms. The number of carbonyl (C=O) groups is 1. The van der Waals surface area contributed by atoms with Gasteiger partial charge in [-0.3, -0.25) is 4.79 Å². The maximum atomic E-state index is 12.4. The lowest BCUT2D eigenvalue weighted by molar-refractivity contribution is -0.113. The summed E-state index contributed by atoms with van der Waals surface area (Å²) in [5.41, 5.74) is 4.30. The molecule has 0 saturated carbocycles. The van der Waals surface area contributed by atoms with Gasteiger partial charge in [0.2, 0.25) is 0 Å². The fraction of sp³-hybridized carbons (Fsp3) is 0.304. The minimum Gasteiger partial charge on any atom is -0.496 e. The SMILES string of the molecule is COc1cc(/C=C2\SC(N3CCN(C)CC3)=NC2=O)ccc1-c1ccc(C)cc1. The highest BCUT2D eigenvalue weighted by molar-refractivity contribution is 8.18. The molecule has 0 radical (unpaired) electrons. The molecule has 29 heavy (non-hydrogen) atoms.